The molecule has 0 saturated carbocycles. The molecule has 0 aliphatic rings. The van der Waals surface area contributed by atoms with Crippen molar-refractivity contribution in [3.8, 4) is 5.75 Å². The second-order valence-electron chi connectivity index (χ2n) is 3.83. The molecule has 0 heterocycles. The Hall–Kier alpha value is -1.09. The standard InChI is InChI=1S/C13H15BrO2/c1-9(2)6-11(15)7-10-4-5-13(16-3)12(14)8-10/h4-6,8H,7H2,1-3H3. The van der Waals surface area contributed by atoms with Gasteiger partial charge in [-0.3, -0.25) is 4.79 Å². The molecule has 0 aliphatic carbocycles. The molecule has 0 saturated heterocycles. The predicted octanol–water partition coefficient (Wildman–Crippen LogP) is 3.54. The monoisotopic (exact) mass is 282 g/mol. The van der Waals surface area contributed by atoms with E-state index in [0.717, 1.165) is 21.4 Å². The van der Waals surface area contributed by atoms with E-state index in [4.69, 9.17) is 4.74 Å². The average Bonchev–Trinajstić information content (AvgIpc) is 2.16. The van der Waals surface area contributed by atoms with Crippen molar-refractivity contribution in [3.63, 3.8) is 0 Å². The van der Waals surface area contributed by atoms with E-state index >= 15 is 0 Å². The minimum absolute atomic E-state index is 0.122. The highest BCUT2D eigenvalue weighted by atomic mass is 79.9. The van der Waals surface area contributed by atoms with Gasteiger partial charge in [0.2, 0.25) is 0 Å². The molecule has 0 aliphatic heterocycles. The largest absolute Gasteiger partial charge is 0.496 e. The number of halogens is 1. The number of ketones is 1. The van der Waals surface area contributed by atoms with Crippen molar-refractivity contribution >= 4 is 21.7 Å². The lowest BCUT2D eigenvalue weighted by Gasteiger charge is -2.05. The highest BCUT2D eigenvalue weighted by molar-refractivity contribution is 9.10. The van der Waals surface area contributed by atoms with Gasteiger partial charge in [0.15, 0.2) is 5.78 Å². The van der Waals surface area contributed by atoms with Crippen LogP contribution in [-0.4, -0.2) is 12.9 Å². The van der Waals surface area contributed by atoms with Gasteiger partial charge in [0, 0.05) is 6.42 Å². The molecule has 0 amide bonds. The first-order valence-corrected chi connectivity index (χ1v) is 5.82. The Kier molecular flexibility index (Phi) is 4.74. The fraction of sp³-hybridized carbons (Fsp3) is 0.308. The first-order valence-electron chi connectivity index (χ1n) is 5.03. The van der Waals surface area contributed by atoms with E-state index in [1.54, 1.807) is 13.2 Å². The average molecular weight is 283 g/mol. The van der Waals surface area contributed by atoms with Crippen LogP contribution in [0.5, 0.6) is 5.75 Å². The molecular formula is C13H15BrO2. The number of carbonyl (C=O) groups excluding carboxylic acids is 1. The minimum atomic E-state index is 0.122. The maximum absolute atomic E-state index is 11.6. The fourth-order valence-corrected chi connectivity index (χ4v) is 1.98. The third-order valence-electron chi connectivity index (χ3n) is 2.04. The first-order chi connectivity index (χ1) is 7.52. The van der Waals surface area contributed by atoms with Crippen LogP contribution in [0.2, 0.25) is 0 Å². The Morgan fingerprint density at radius 1 is 1.44 bits per heavy atom. The van der Waals surface area contributed by atoms with E-state index in [-0.39, 0.29) is 5.78 Å². The zero-order valence-corrected chi connectivity index (χ0v) is 11.3. The third kappa shape index (κ3) is 3.81. The molecule has 86 valence electrons. The van der Waals surface area contributed by atoms with Gasteiger partial charge in [-0.1, -0.05) is 11.6 Å². The Labute approximate surface area is 104 Å². The number of hydrogen-bond donors (Lipinski definition) is 0. The van der Waals surface area contributed by atoms with Gasteiger partial charge >= 0.3 is 0 Å². The molecule has 3 heteroatoms. The van der Waals surface area contributed by atoms with Crippen LogP contribution in [0.3, 0.4) is 0 Å². The molecule has 0 atom stereocenters. The second kappa shape index (κ2) is 5.85. The van der Waals surface area contributed by atoms with Gasteiger partial charge in [-0.05, 0) is 53.5 Å². The predicted molar refractivity (Wildman–Crippen MR) is 68.8 cm³/mol. The van der Waals surface area contributed by atoms with Crippen molar-refractivity contribution in [2.45, 2.75) is 20.3 Å². The van der Waals surface area contributed by atoms with Crippen LogP contribution in [0, 0.1) is 0 Å². The van der Waals surface area contributed by atoms with Crippen LogP contribution in [0.4, 0.5) is 0 Å². The Bertz CT molecular complexity index is 418. The molecule has 1 rings (SSSR count). The third-order valence-corrected chi connectivity index (χ3v) is 2.66. The van der Waals surface area contributed by atoms with Crippen molar-refractivity contribution in [1.82, 2.24) is 0 Å². The number of methoxy groups -OCH3 is 1. The van der Waals surface area contributed by atoms with Gasteiger partial charge in [-0.25, -0.2) is 0 Å². The fourth-order valence-electron chi connectivity index (χ4n) is 1.39. The van der Waals surface area contributed by atoms with Crippen molar-refractivity contribution in [1.29, 1.82) is 0 Å². The van der Waals surface area contributed by atoms with Crippen LogP contribution in [0.25, 0.3) is 0 Å². The number of ether oxygens (including phenoxy) is 1. The van der Waals surface area contributed by atoms with E-state index in [2.05, 4.69) is 15.9 Å². The number of hydrogen-bond acceptors (Lipinski definition) is 2. The van der Waals surface area contributed by atoms with E-state index in [1.165, 1.54) is 0 Å². The van der Waals surface area contributed by atoms with Crippen LogP contribution >= 0.6 is 15.9 Å². The summed E-state index contributed by atoms with van der Waals surface area (Å²) in [5.41, 5.74) is 2.01. The van der Waals surface area contributed by atoms with Gasteiger partial charge in [-0.15, -0.1) is 0 Å². The van der Waals surface area contributed by atoms with Crippen molar-refractivity contribution in [2.75, 3.05) is 7.11 Å². The SMILES string of the molecule is COc1ccc(CC(=O)C=C(C)C)cc1Br. The molecule has 0 radical (unpaired) electrons. The quantitative estimate of drug-likeness (QED) is 0.790. The van der Waals surface area contributed by atoms with Gasteiger partial charge in [-0.2, -0.15) is 0 Å². The maximum Gasteiger partial charge on any atom is 0.159 e. The highest BCUT2D eigenvalue weighted by Gasteiger charge is 2.04. The van der Waals surface area contributed by atoms with Gasteiger partial charge in [0.05, 0.1) is 11.6 Å². The van der Waals surface area contributed by atoms with E-state index in [9.17, 15) is 4.79 Å². The van der Waals surface area contributed by atoms with Gasteiger partial charge in [0.25, 0.3) is 0 Å². The lowest BCUT2D eigenvalue weighted by atomic mass is 10.1. The first kappa shape index (κ1) is 13.0. The molecule has 0 spiro atoms. The summed E-state index contributed by atoms with van der Waals surface area (Å²) < 4.78 is 6.00. The van der Waals surface area contributed by atoms with E-state index < -0.39 is 0 Å². The Balaban J connectivity index is 2.79. The van der Waals surface area contributed by atoms with Crippen LogP contribution < -0.4 is 4.74 Å². The Morgan fingerprint density at radius 3 is 2.62 bits per heavy atom. The Morgan fingerprint density at radius 2 is 2.12 bits per heavy atom. The van der Waals surface area contributed by atoms with E-state index in [0.29, 0.717) is 6.42 Å². The van der Waals surface area contributed by atoms with Crippen molar-refractivity contribution < 1.29 is 9.53 Å². The molecule has 0 unspecified atom stereocenters. The summed E-state index contributed by atoms with van der Waals surface area (Å²) in [6.45, 7) is 3.84. The van der Waals surface area contributed by atoms with E-state index in [1.807, 2.05) is 32.0 Å². The number of carbonyl (C=O) groups is 1. The molecule has 2 nitrogen and oxygen atoms in total. The summed E-state index contributed by atoms with van der Waals surface area (Å²) in [4.78, 5) is 11.6. The maximum atomic E-state index is 11.6. The number of rotatable bonds is 4. The topological polar surface area (TPSA) is 26.3 Å². The smallest absolute Gasteiger partial charge is 0.159 e. The summed E-state index contributed by atoms with van der Waals surface area (Å²) in [6, 6.07) is 5.67. The zero-order valence-electron chi connectivity index (χ0n) is 9.71. The molecule has 0 bridgehead atoms. The molecule has 1 aromatic carbocycles. The lowest BCUT2D eigenvalue weighted by Crippen LogP contribution is -1.99. The summed E-state index contributed by atoms with van der Waals surface area (Å²) >= 11 is 3.40. The summed E-state index contributed by atoms with van der Waals surface area (Å²) in [6.07, 6.45) is 2.09. The number of allylic oxidation sites excluding steroid dienone is 2. The highest BCUT2D eigenvalue weighted by Crippen LogP contribution is 2.25. The summed E-state index contributed by atoms with van der Waals surface area (Å²) in [5, 5.41) is 0. The molecule has 1 aromatic rings. The van der Waals surface area contributed by atoms with Gasteiger partial charge in [0.1, 0.15) is 5.75 Å². The summed E-state index contributed by atoms with van der Waals surface area (Å²) in [7, 11) is 1.62. The summed E-state index contributed by atoms with van der Waals surface area (Å²) in [5.74, 6) is 0.899. The van der Waals surface area contributed by atoms with Crippen LogP contribution in [0.15, 0.2) is 34.3 Å². The zero-order chi connectivity index (χ0) is 12.1. The molecule has 0 fully saturated rings. The molecular weight excluding hydrogens is 268 g/mol. The second-order valence-corrected chi connectivity index (χ2v) is 4.69. The molecule has 0 aromatic heterocycles. The normalized spacial score (nSPS) is 9.75. The van der Waals surface area contributed by atoms with Gasteiger partial charge < -0.3 is 4.74 Å². The number of benzene rings is 1. The van der Waals surface area contributed by atoms with Crippen LogP contribution in [-0.2, 0) is 11.2 Å². The van der Waals surface area contributed by atoms with Crippen molar-refractivity contribution in [3.05, 3.63) is 39.9 Å². The van der Waals surface area contributed by atoms with Crippen LogP contribution in [0.1, 0.15) is 19.4 Å². The minimum Gasteiger partial charge on any atom is -0.496 e. The lowest BCUT2D eigenvalue weighted by molar-refractivity contribution is -0.114. The molecule has 16 heavy (non-hydrogen) atoms. The van der Waals surface area contributed by atoms with Crippen molar-refractivity contribution in [2.24, 2.45) is 0 Å². The molecule has 0 N–H and O–H groups in total.